The van der Waals surface area contributed by atoms with Crippen LogP contribution >= 0.6 is 11.3 Å². The van der Waals surface area contributed by atoms with Gasteiger partial charge in [0.1, 0.15) is 17.7 Å². The zero-order chi connectivity index (χ0) is 28.4. The maximum atomic E-state index is 13.8. The monoisotopic (exact) mass is 558 g/mol. The van der Waals surface area contributed by atoms with E-state index < -0.39 is 35.7 Å². The minimum absolute atomic E-state index is 0.242. The third-order valence-electron chi connectivity index (χ3n) is 6.23. The smallest absolute Gasteiger partial charge is 0.408 e. The number of likely N-dealkylation sites (tertiary alicyclic amines) is 1. The molecule has 3 atom stereocenters. The molecule has 0 bridgehead atoms. The molecule has 1 aromatic heterocycles. The highest BCUT2D eigenvalue weighted by Crippen LogP contribution is 2.21. The molecular weight excluding hydrogens is 520 g/mol. The van der Waals surface area contributed by atoms with Crippen LogP contribution in [0.2, 0.25) is 0 Å². The Balaban J connectivity index is 1.76. The van der Waals surface area contributed by atoms with E-state index in [-0.39, 0.29) is 18.1 Å². The van der Waals surface area contributed by atoms with Crippen LogP contribution in [0.25, 0.3) is 0 Å². The van der Waals surface area contributed by atoms with E-state index in [9.17, 15) is 19.2 Å². The lowest BCUT2D eigenvalue weighted by molar-refractivity contribution is -0.140. The van der Waals surface area contributed by atoms with E-state index >= 15 is 0 Å². The van der Waals surface area contributed by atoms with E-state index in [1.807, 2.05) is 30.3 Å². The number of alkyl carbamates (subject to hydrolysis) is 1. The van der Waals surface area contributed by atoms with Crippen LogP contribution in [0.5, 0.6) is 0 Å². The summed E-state index contributed by atoms with van der Waals surface area (Å²) >= 11 is 1.22. The Morgan fingerprint density at radius 2 is 1.87 bits per heavy atom. The number of hydrogen-bond donors (Lipinski definition) is 2. The standard InChI is InChI=1S/C28H38N4O6S/c1-28(2,3)38-27(36)31-21(18-19-10-6-5-7-11-19)26(35)32-15-8-13-22(32)24(34)30-20(12-9-16-37-4)23(33)25-29-14-17-39-25/h5-7,10-11,14,17,20-22H,8-9,12-13,15-16,18H2,1-4H3,(H,30,34)(H,31,36)/t20?,21-,22+/m1/s1. The average molecular weight is 559 g/mol. The van der Waals surface area contributed by atoms with E-state index in [0.29, 0.717) is 43.8 Å². The van der Waals surface area contributed by atoms with Crippen molar-refractivity contribution in [3.05, 3.63) is 52.5 Å². The molecular formula is C28H38N4O6S. The molecule has 2 N–H and O–H groups in total. The maximum Gasteiger partial charge on any atom is 0.408 e. The van der Waals surface area contributed by atoms with Crippen molar-refractivity contribution in [3.8, 4) is 0 Å². The molecule has 1 aromatic carbocycles. The molecule has 2 aromatic rings. The first-order valence-corrected chi connectivity index (χ1v) is 14.0. The van der Waals surface area contributed by atoms with Gasteiger partial charge < -0.3 is 25.0 Å². The van der Waals surface area contributed by atoms with Crippen molar-refractivity contribution in [2.75, 3.05) is 20.3 Å². The molecule has 1 aliphatic rings. The predicted molar refractivity (Wildman–Crippen MR) is 148 cm³/mol. The molecule has 2 heterocycles. The van der Waals surface area contributed by atoms with Crippen LogP contribution in [0.4, 0.5) is 4.79 Å². The fourth-order valence-electron chi connectivity index (χ4n) is 4.47. The zero-order valence-electron chi connectivity index (χ0n) is 23.0. The van der Waals surface area contributed by atoms with Crippen LogP contribution < -0.4 is 10.6 Å². The van der Waals surface area contributed by atoms with Crippen molar-refractivity contribution in [1.29, 1.82) is 0 Å². The van der Waals surface area contributed by atoms with Crippen LogP contribution in [0.1, 0.15) is 61.8 Å². The van der Waals surface area contributed by atoms with Crippen LogP contribution in [0, 0.1) is 0 Å². The Labute approximate surface area is 233 Å². The number of carbonyl (C=O) groups is 4. The number of carbonyl (C=O) groups excluding carboxylic acids is 4. The summed E-state index contributed by atoms with van der Waals surface area (Å²) in [4.78, 5) is 58.5. The molecule has 10 nitrogen and oxygen atoms in total. The van der Waals surface area contributed by atoms with Gasteiger partial charge in [0.25, 0.3) is 0 Å². The van der Waals surface area contributed by atoms with E-state index in [4.69, 9.17) is 9.47 Å². The summed E-state index contributed by atoms with van der Waals surface area (Å²) in [5.74, 6) is -1.03. The van der Waals surface area contributed by atoms with Gasteiger partial charge in [0.2, 0.25) is 17.6 Å². The molecule has 11 heteroatoms. The van der Waals surface area contributed by atoms with Gasteiger partial charge in [0.15, 0.2) is 5.01 Å². The molecule has 1 unspecified atom stereocenters. The van der Waals surface area contributed by atoms with Gasteiger partial charge in [-0.3, -0.25) is 14.4 Å². The Hall–Kier alpha value is -3.31. The van der Waals surface area contributed by atoms with Crippen LogP contribution in [0.3, 0.4) is 0 Å². The molecule has 0 saturated carbocycles. The first-order valence-electron chi connectivity index (χ1n) is 13.2. The molecule has 3 rings (SSSR count). The van der Waals surface area contributed by atoms with Crippen molar-refractivity contribution in [1.82, 2.24) is 20.5 Å². The summed E-state index contributed by atoms with van der Waals surface area (Å²) in [7, 11) is 1.58. The molecule has 212 valence electrons. The van der Waals surface area contributed by atoms with Crippen LogP contribution in [0.15, 0.2) is 41.9 Å². The van der Waals surface area contributed by atoms with Crippen molar-refractivity contribution in [2.24, 2.45) is 0 Å². The number of aromatic nitrogens is 1. The number of nitrogens with one attached hydrogen (secondary N) is 2. The Kier molecular flexibility index (Phi) is 11.0. The highest BCUT2D eigenvalue weighted by Gasteiger charge is 2.39. The molecule has 0 spiro atoms. The van der Waals surface area contributed by atoms with Gasteiger partial charge in [-0.05, 0) is 52.0 Å². The largest absolute Gasteiger partial charge is 0.444 e. The van der Waals surface area contributed by atoms with Gasteiger partial charge in [-0.25, -0.2) is 9.78 Å². The molecule has 0 radical (unpaired) electrons. The average Bonchev–Trinajstić information content (AvgIpc) is 3.59. The molecule has 0 aliphatic carbocycles. The molecule has 1 saturated heterocycles. The second-order valence-corrected chi connectivity index (χ2v) is 11.4. The van der Waals surface area contributed by atoms with Gasteiger partial charge >= 0.3 is 6.09 Å². The summed E-state index contributed by atoms with van der Waals surface area (Å²) in [6, 6.07) is 6.88. The third kappa shape index (κ3) is 9.14. The number of amides is 3. The Morgan fingerprint density at radius 1 is 1.13 bits per heavy atom. The normalized spacial score (nSPS) is 16.8. The Morgan fingerprint density at radius 3 is 2.51 bits per heavy atom. The maximum absolute atomic E-state index is 13.8. The second-order valence-electron chi connectivity index (χ2n) is 10.5. The fourth-order valence-corrected chi connectivity index (χ4v) is 5.10. The van der Waals surface area contributed by atoms with Crippen molar-refractivity contribution in [2.45, 2.75) is 76.6 Å². The van der Waals surface area contributed by atoms with E-state index in [1.165, 1.54) is 16.2 Å². The molecule has 39 heavy (non-hydrogen) atoms. The topological polar surface area (TPSA) is 127 Å². The summed E-state index contributed by atoms with van der Waals surface area (Å²) in [5.41, 5.74) is 0.127. The number of methoxy groups -OCH3 is 1. The van der Waals surface area contributed by atoms with E-state index in [2.05, 4.69) is 15.6 Å². The predicted octanol–water partition coefficient (Wildman–Crippen LogP) is 3.36. The van der Waals surface area contributed by atoms with Crippen molar-refractivity contribution >= 4 is 35.0 Å². The fraction of sp³-hybridized carbons (Fsp3) is 0.536. The third-order valence-corrected chi connectivity index (χ3v) is 7.02. The van der Waals surface area contributed by atoms with E-state index in [1.54, 1.807) is 39.5 Å². The number of ether oxygens (including phenoxy) is 2. The highest BCUT2D eigenvalue weighted by molar-refractivity contribution is 7.11. The minimum atomic E-state index is -0.926. The van der Waals surface area contributed by atoms with Gasteiger partial charge in [0.05, 0.1) is 6.04 Å². The number of thiazole rings is 1. The van der Waals surface area contributed by atoms with Crippen molar-refractivity contribution in [3.63, 3.8) is 0 Å². The second kappa shape index (κ2) is 14.2. The van der Waals surface area contributed by atoms with Crippen molar-refractivity contribution < 1.29 is 28.7 Å². The first-order chi connectivity index (χ1) is 18.6. The lowest BCUT2D eigenvalue weighted by Gasteiger charge is -2.30. The number of nitrogens with zero attached hydrogens (tertiary/aromatic N) is 2. The summed E-state index contributed by atoms with van der Waals surface area (Å²) in [6.45, 7) is 6.06. The lowest BCUT2D eigenvalue weighted by Crippen LogP contribution is -2.56. The van der Waals surface area contributed by atoms with E-state index in [0.717, 1.165) is 5.56 Å². The van der Waals surface area contributed by atoms with Crippen LogP contribution in [-0.2, 0) is 25.5 Å². The number of rotatable bonds is 12. The zero-order valence-corrected chi connectivity index (χ0v) is 23.8. The molecule has 1 fully saturated rings. The van der Waals surface area contributed by atoms with Gasteiger partial charge in [0, 0.05) is 38.3 Å². The highest BCUT2D eigenvalue weighted by atomic mass is 32.1. The lowest BCUT2D eigenvalue weighted by atomic mass is 10.0. The Bertz CT molecular complexity index is 1100. The number of hydrogen-bond acceptors (Lipinski definition) is 8. The van der Waals surface area contributed by atoms with Gasteiger partial charge in [-0.2, -0.15) is 0 Å². The molecule has 1 aliphatic heterocycles. The quantitative estimate of drug-likeness (QED) is 0.302. The number of Topliss-reactive ketones (excluding diaryl/α,β-unsaturated/α-hetero) is 1. The number of benzene rings is 1. The van der Waals surface area contributed by atoms with Crippen LogP contribution in [-0.4, -0.2) is 77.6 Å². The molecule has 3 amide bonds. The SMILES string of the molecule is COCCCC(NC(=O)[C@@H]1CCCN1C(=O)[C@@H](Cc1ccccc1)NC(=O)OC(C)(C)C)C(=O)c1nccs1. The summed E-state index contributed by atoms with van der Waals surface area (Å²) < 4.78 is 10.5. The van der Waals surface area contributed by atoms with Gasteiger partial charge in [-0.15, -0.1) is 11.3 Å². The summed E-state index contributed by atoms with van der Waals surface area (Å²) in [6.07, 6.45) is 3.13. The minimum Gasteiger partial charge on any atom is -0.444 e. The first kappa shape index (κ1) is 30.2. The number of ketones is 1. The summed E-state index contributed by atoms with van der Waals surface area (Å²) in [5, 5.41) is 7.61. The van der Waals surface area contributed by atoms with Gasteiger partial charge in [-0.1, -0.05) is 30.3 Å².